The van der Waals surface area contributed by atoms with E-state index in [-0.39, 0.29) is 5.91 Å². The first kappa shape index (κ1) is 14.7. The number of hydrogen-bond acceptors (Lipinski definition) is 4. The number of nitrogens with one attached hydrogen (secondary N) is 1. The van der Waals surface area contributed by atoms with E-state index in [0.29, 0.717) is 5.92 Å². The molecule has 0 saturated carbocycles. The van der Waals surface area contributed by atoms with Crippen LogP contribution in [-0.2, 0) is 11.2 Å². The fraction of sp³-hybridized carbons (Fsp3) is 0.500. The van der Waals surface area contributed by atoms with E-state index >= 15 is 0 Å². The summed E-state index contributed by atoms with van der Waals surface area (Å²) in [7, 11) is 0. The minimum atomic E-state index is 0.163. The summed E-state index contributed by atoms with van der Waals surface area (Å²) in [5, 5.41) is 7.15. The molecule has 3 heterocycles. The fourth-order valence-corrected chi connectivity index (χ4v) is 2.99. The SMILES string of the molecule is CC(=O)N1CCCC(Cc2cncc(-c3cc(C)[nH]n3)n2)C1. The maximum atomic E-state index is 11.5. The van der Waals surface area contributed by atoms with Gasteiger partial charge in [-0.05, 0) is 38.2 Å². The van der Waals surface area contributed by atoms with Crippen molar-refractivity contribution in [1.82, 2.24) is 25.1 Å². The molecule has 0 radical (unpaired) electrons. The Kier molecular flexibility index (Phi) is 4.18. The third-order valence-electron chi connectivity index (χ3n) is 4.11. The van der Waals surface area contributed by atoms with Crippen LogP contribution in [0.4, 0.5) is 0 Å². The number of piperidine rings is 1. The Morgan fingerprint density at radius 2 is 2.27 bits per heavy atom. The lowest BCUT2D eigenvalue weighted by Gasteiger charge is -2.31. The maximum Gasteiger partial charge on any atom is 0.219 e. The van der Waals surface area contributed by atoms with Crippen LogP contribution < -0.4 is 0 Å². The molecule has 1 unspecified atom stereocenters. The van der Waals surface area contributed by atoms with E-state index < -0.39 is 0 Å². The number of aryl methyl sites for hydroxylation is 1. The number of likely N-dealkylation sites (tertiary alicyclic amines) is 1. The monoisotopic (exact) mass is 299 g/mol. The number of carbonyl (C=O) groups excluding carboxylic acids is 1. The molecule has 1 aliphatic heterocycles. The van der Waals surface area contributed by atoms with Gasteiger partial charge < -0.3 is 4.90 Å². The Hall–Kier alpha value is -2.24. The summed E-state index contributed by atoms with van der Waals surface area (Å²) in [5.74, 6) is 0.625. The van der Waals surface area contributed by atoms with Gasteiger partial charge in [0.25, 0.3) is 0 Å². The molecule has 1 aliphatic rings. The largest absolute Gasteiger partial charge is 0.343 e. The van der Waals surface area contributed by atoms with Crippen molar-refractivity contribution in [2.24, 2.45) is 5.92 Å². The van der Waals surface area contributed by atoms with Crippen LogP contribution in [-0.4, -0.2) is 44.1 Å². The van der Waals surface area contributed by atoms with Gasteiger partial charge in [-0.15, -0.1) is 0 Å². The number of rotatable bonds is 3. The molecule has 1 fully saturated rings. The van der Waals surface area contributed by atoms with Crippen molar-refractivity contribution in [1.29, 1.82) is 0 Å². The second kappa shape index (κ2) is 6.25. The van der Waals surface area contributed by atoms with E-state index in [0.717, 1.165) is 55.1 Å². The summed E-state index contributed by atoms with van der Waals surface area (Å²) in [4.78, 5) is 22.4. The molecule has 1 N–H and O–H groups in total. The molecule has 0 bridgehead atoms. The number of aromatic nitrogens is 4. The predicted octanol–water partition coefficient (Wildman–Crippen LogP) is 1.98. The van der Waals surface area contributed by atoms with Crippen LogP contribution in [0.5, 0.6) is 0 Å². The molecule has 2 aromatic heterocycles. The molecule has 1 atom stereocenters. The lowest BCUT2D eigenvalue weighted by atomic mass is 9.93. The third-order valence-corrected chi connectivity index (χ3v) is 4.11. The highest BCUT2D eigenvalue weighted by molar-refractivity contribution is 5.73. The first-order valence-corrected chi connectivity index (χ1v) is 7.70. The van der Waals surface area contributed by atoms with Gasteiger partial charge in [0.15, 0.2) is 0 Å². The highest BCUT2D eigenvalue weighted by Crippen LogP contribution is 2.21. The Bertz CT molecular complexity index is 666. The van der Waals surface area contributed by atoms with E-state index in [9.17, 15) is 4.79 Å². The Morgan fingerprint density at radius 3 is 3.00 bits per heavy atom. The highest BCUT2D eigenvalue weighted by Gasteiger charge is 2.22. The van der Waals surface area contributed by atoms with Gasteiger partial charge in [0.2, 0.25) is 5.91 Å². The van der Waals surface area contributed by atoms with Gasteiger partial charge in [0, 0.05) is 31.9 Å². The number of nitrogens with zero attached hydrogens (tertiary/aromatic N) is 4. The van der Waals surface area contributed by atoms with Crippen LogP contribution in [0.15, 0.2) is 18.5 Å². The molecule has 1 saturated heterocycles. The molecule has 116 valence electrons. The van der Waals surface area contributed by atoms with Gasteiger partial charge in [-0.1, -0.05) is 0 Å². The van der Waals surface area contributed by atoms with Crippen LogP contribution in [0.1, 0.15) is 31.2 Å². The van der Waals surface area contributed by atoms with Crippen LogP contribution >= 0.6 is 0 Å². The van der Waals surface area contributed by atoms with Crippen LogP contribution in [0, 0.1) is 12.8 Å². The summed E-state index contributed by atoms with van der Waals surface area (Å²) in [6.07, 6.45) is 6.61. The zero-order valence-corrected chi connectivity index (χ0v) is 13.0. The van der Waals surface area contributed by atoms with Crippen LogP contribution in [0.2, 0.25) is 0 Å². The summed E-state index contributed by atoms with van der Waals surface area (Å²) in [6, 6.07) is 1.96. The number of carbonyl (C=O) groups is 1. The molecule has 2 aromatic rings. The van der Waals surface area contributed by atoms with Gasteiger partial charge >= 0.3 is 0 Å². The summed E-state index contributed by atoms with van der Waals surface area (Å²) >= 11 is 0. The third kappa shape index (κ3) is 3.32. The summed E-state index contributed by atoms with van der Waals surface area (Å²) < 4.78 is 0. The Balaban J connectivity index is 1.71. The van der Waals surface area contributed by atoms with Gasteiger partial charge in [-0.3, -0.25) is 14.9 Å². The average molecular weight is 299 g/mol. The van der Waals surface area contributed by atoms with Crippen LogP contribution in [0.3, 0.4) is 0 Å². The van der Waals surface area contributed by atoms with Crippen molar-refractivity contribution in [3.63, 3.8) is 0 Å². The number of aromatic amines is 1. The van der Waals surface area contributed by atoms with Gasteiger partial charge in [-0.25, -0.2) is 4.98 Å². The van der Waals surface area contributed by atoms with Crippen molar-refractivity contribution in [2.45, 2.75) is 33.1 Å². The summed E-state index contributed by atoms with van der Waals surface area (Å²) in [6.45, 7) is 5.31. The lowest BCUT2D eigenvalue weighted by Crippen LogP contribution is -2.39. The first-order chi connectivity index (χ1) is 10.6. The molecule has 0 aromatic carbocycles. The molecular weight excluding hydrogens is 278 g/mol. The second-order valence-corrected chi connectivity index (χ2v) is 6.01. The highest BCUT2D eigenvalue weighted by atomic mass is 16.2. The molecule has 22 heavy (non-hydrogen) atoms. The van der Waals surface area contributed by atoms with E-state index in [2.05, 4.69) is 20.2 Å². The first-order valence-electron chi connectivity index (χ1n) is 7.70. The molecule has 0 aliphatic carbocycles. The van der Waals surface area contributed by atoms with Crippen molar-refractivity contribution in [2.75, 3.05) is 13.1 Å². The normalized spacial score (nSPS) is 18.5. The zero-order chi connectivity index (χ0) is 15.5. The topological polar surface area (TPSA) is 74.8 Å². The molecule has 3 rings (SSSR count). The molecule has 6 nitrogen and oxygen atoms in total. The van der Waals surface area contributed by atoms with E-state index in [1.165, 1.54) is 0 Å². The van der Waals surface area contributed by atoms with Crippen molar-refractivity contribution < 1.29 is 4.79 Å². The lowest BCUT2D eigenvalue weighted by molar-refractivity contribution is -0.130. The van der Waals surface area contributed by atoms with E-state index in [1.807, 2.05) is 24.1 Å². The standard InChI is InChI=1S/C16H21N5O/c1-11-6-15(20-19-11)16-9-17-8-14(18-16)7-13-4-3-5-21(10-13)12(2)22/h6,8-9,13H,3-5,7,10H2,1-2H3,(H,19,20). The van der Waals surface area contributed by atoms with Crippen molar-refractivity contribution in [3.05, 3.63) is 29.8 Å². The molecule has 1 amide bonds. The average Bonchev–Trinajstić information content (AvgIpc) is 2.94. The quantitative estimate of drug-likeness (QED) is 0.940. The van der Waals surface area contributed by atoms with Crippen LogP contribution in [0.25, 0.3) is 11.4 Å². The van der Waals surface area contributed by atoms with E-state index in [1.54, 1.807) is 13.1 Å². The Morgan fingerprint density at radius 1 is 1.41 bits per heavy atom. The second-order valence-electron chi connectivity index (χ2n) is 6.01. The molecule has 6 heteroatoms. The molecular formula is C16H21N5O. The summed E-state index contributed by atoms with van der Waals surface area (Å²) in [5.41, 5.74) is 3.59. The smallest absolute Gasteiger partial charge is 0.219 e. The number of hydrogen-bond donors (Lipinski definition) is 1. The minimum Gasteiger partial charge on any atom is -0.343 e. The number of amides is 1. The van der Waals surface area contributed by atoms with E-state index in [4.69, 9.17) is 0 Å². The fourth-order valence-electron chi connectivity index (χ4n) is 2.99. The van der Waals surface area contributed by atoms with Gasteiger partial charge in [0.1, 0.15) is 11.4 Å². The predicted molar refractivity (Wildman–Crippen MR) is 83.0 cm³/mol. The van der Waals surface area contributed by atoms with Crippen molar-refractivity contribution >= 4 is 5.91 Å². The minimum absolute atomic E-state index is 0.163. The zero-order valence-electron chi connectivity index (χ0n) is 13.0. The van der Waals surface area contributed by atoms with Gasteiger partial charge in [0.05, 0.1) is 11.9 Å². The number of H-pyrrole nitrogens is 1. The maximum absolute atomic E-state index is 11.5. The van der Waals surface area contributed by atoms with Crippen molar-refractivity contribution in [3.8, 4) is 11.4 Å². The van der Waals surface area contributed by atoms with Gasteiger partial charge in [-0.2, -0.15) is 5.10 Å². The molecule has 0 spiro atoms. The Labute approximate surface area is 130 Å².